The van der Waals surface area contributed by atoms with Crippen LogP contribution in [0.2, 0.25) is 0 Å². The minimum atomic E-state index is -0.167. The average molecular weight is 443 g/mol. The maximum Gasteiger partial charge on any atom is 0.0594 e. The molecule has 0 aromatic heterocycles. The lowest BCUT2D eigenvalue weighted by Crippen LogP contribution is -2.63. The zero-order valence-electron chi connectivity index (χ0n) is 22.2. The number of aliphatic hydroxyl groups is 2. The van der Waals surface area contributed by atoms with E-state index >= 15 is 0 Å². The van der Waals surface area contributed by atoms with Crippen molar-refractivity contribution in [1.29, 1.82) is 0 Å². The average Bonchev–Trinajstić information content (AvgIpc) is 2.98. The second-order valence-electron chi connectivity index (χ2n) is 14.8. The quantitative estimate of drug-likeness (QED) is 0.429. The lowest BCUT2D eigenvalue weighted by molar-refractivity contribution is -0.180. The Hall–Kier alpha value is -0.340. The van der Waals surface area contributed by atoms with E-state index < -0.39 is 0 Å². The van der Waals surface area contributed by atoms with E-state index in [2.05, 4.69) is 61.5 Å². The minimum absolute atomic E-state index is 0.00225. The predicted octanol–water partition coefficient (Wildman–Crippen LogP) is 7.00. The van der Waals surface area contributed by atoms with Crippen LogP contribution in [0.25, 0.3) is 0 Å². The van der Waals surface area contributed by atoms with Crippen molar-refractivity contribution >= 4 is 0 Å². The molecule has 4 saturated carbocycles. The molecule has 0 heterocycles. The van der Waals surface area contributed by atoms with Crippen molar-refractivity contribution < 1.29 is 10.2 Å². The van der Waals surface area contributed by atoms with Crippen LogP contribution in [0.4, 0.5) is 0 Å². The van der Waals surface area contributed by atoms with Crippen molar-refractivity contribution in [3.8, 4) is 0 Å². The van der Waals surface area contributed by atoms with Crippen LogP contribution in [-0.4, -0.2) is 22.4 Å². The molecule has 0 saturated heterocycles. The first-order valence-corrected chi connectivity index (χ1v) is 13.8. The van der Waals surface area contributed by atoms with Crippen molar-refractivity contribution in [3.63, 3.8) is 0 Å². The maximum absolute atomic E-state index is 11.5. The number of rotatable bonds is 1. The third-order valence-electron chi connectivity index (χ3n) is 13.2. The van der Waals surface area contributed by atoms with Crippen molar-refractivity contribution in [2.45, 2.75) is 119 Å². The Labute approximate surface area is 197 Å². The van der Waals surface area contributed by atoms with Gasteiger partial charge >= 0.3 is 0 Å². The van der Waals surface area contributed by atoms with Crippen LogP contribution in [0.3, 0.4) is 0 Å². The number of fused-ring (bicyclic) bond motifs is 7. The molecule has 32 heavy (non-hydrogen) atoms. The van der Waals surface area contributed by atoms with Crippen LogP contribution in [0.1, 0.15) is 107 Å². The van der Waals surface area contributed by atoms with Crippen LogP contribution in [0.15, 0.2) is 11.6 Å². The van der Waals surface area contributed by atoms with Gasteiger partial charge in [0.15, 0.2) is 0 Å². The molecule has 0 aromatic rings. The highest BCUT2D eigenvalue weighted by molar-refractivity contribution is 5.33. The molecule has 5 aliphatic carbocycles. The van der Waals surface area contributed by atoms with Crippen molar-refractivity contribution in [2.75, 3.05) is 0 Å². The second-order valence-corrected chi connectivity index (χ2v) is 14.8. The first-order chi connectivity index (χ1) is 14.7. The Balaban J connectivity index is 1.58. The fourth-order valence-corrected chi connectivity index (χ4v) is 11.3. The molecule has 0 aromatic carbocycles. The van der Waals surface area contributed by atoms with Gasteiger partial charge in [-0.1, -0.05) is 67.0 Å². The van der Waals surface area contributed by atoms with Gasteiger partial charge in [0.2, 0.25) is 0 Å². The Morgan fingerprint density at radius 2 is 1.56 bits per heavy atom. The van der Waals surface area contributed by atoms with E-state index in [0.29, 0.717) is 29.6 Å². The smallest absolute Gasteiger partial charge is 0.0594 e. The molecule has 2 nitrogen and oxygen atoms in total. The van der Waals surface area contributed by atoms with Gasteiger partial charge in [-0.3, -0.25) is 0 Å². The molecule has 0 aliphatic heterocycles. The van der Waals surface area contributed by atoms with Crippen molar-refractivity contribution in [3.05, 3.63) is 11.6 Å². The van der Waals surface area contributed by atoms with Crippen LogP contribution in [0, 0.1) is 56.7 Å². The Kier molecular flexibility index (Phi) is 5.02. The summed E-state index contributed by atoms with van der Waals surface area (Å²) >= 11 is 0. The Bertz CT molecular complexity index is 812. The third-order valence-corrected chi connectivity index (χ3v) is 13.2. The van der Waals surface area contributed by atoms with Gasteiger partial charge in [-0.05, 0) is 108 Å². The summed E-state index contributed by atoms with van der Waals surface area (Å²) in [6, 6.07) is 0. The molecule has 4 fully saturated rings. The van der Waals surface area contributed by atoms with E-state index in [1.807, 2.05) is 0 Å². The monoisotopic (exact) mass is 442 g/mol. The maximum atomic E-state index is 11.5. The van der Waals surface area contributed by atoms with Crippen LogP contribution in [-0.2, 0) is 0 Å². The topological polar surface area (TPSA) is 40.5 Å². The highest BCUT2D eigenvalue weighted by atomic mass is 16.3. The molecule has 0 radical (unpaired) electrons. The normalized spacial score (nSPS) is 56.7. The van der Waals surface area contributed by atoms with Crippen LogP contribution >= 0.6 is 0 Å². The number of hydrogen-bond donors (Lipinski definition) is 2. The molecule has 5 aliphatic rings. The molecule has 0 bridgehead atoms. The molecule has 10 atom stereocenters. The molecular formula is C30H50O2. The number of aliphatic hydroxyl groups excluding tert-OH is 2. The van der Waals surface area contributed by atoms with E-state index in [0.717, 1.165) is 25.7 Å². The second kappa shape index (κ2) is 6.87. The summed E-state index contributed by atoms with van der Waals surface area (Å²) in [6.07, 6.45) is 11.6. The van der Waals surface area contributed by atoms with Crippen molar-refractivity contribution in [2.24, 2.45) is 56.7 Å². The summed E-state index contributed by atoms with van der Waals surface area (Å²) < 4.78 is 0. The van der Waals surface area contributed by atoms with Gasteiger partial charge in [0.05, 0.1) is 12.2 Å². The molecule has 0 unspecified atom stereocenters. The molecule has 2 heteroatoms. The lowest BCUT2D eigenvalue weighted by Gasteiger charge is -2.69. The number of hydrogen-bond acceptors (Lipinski definition) is 2. The fourth-order valence-electron chi connectivity index (χ4n) is 11.3. The third kappa shape index (κ3) is 2.61. The van der Waals surface area contributed by atoms with Gasteiger partial charge < -0.3 is 10.2 Å². The Morgan fingerprint density at radius 3 is 2.22 bits per heavy atom. The zero-order valence-corrected chi connectivity index (χ0v) is 22.2. The molecule has 0 spiro atoms. The van der Waals surface area contributed by atoms with Crippen LogP contribution < -0.4 is 0 Å². The van der Waals surface area contributed by atoms with E-state index in [4.69, 9.17) is 0 Å². The number of allylic oxidation sites excluding steroid dienone is 2. The molecule has 2 N–H and O–H groups in total. The van der Waals surface area contributed by atoms with E-state index in [1.165, 1.54) is 25.7 Å². The van der Waals surface area contributed by atoms with Gasteiger partial charge in [0.25, 0.3) is 0 Å². The zero-order chi connectivity index (χ0) is 23.5. The van der Waals surface area contributed by atoms with Gasteiger partial charge in [-0.15, -0.1) is 0 Å². The highest BCUT2D eigenvalue weighted by Gasteiger charge is 2.70. The predicted molar refractivity (Wildman–Crippen MR) is 132 cm³/mol. The fraction of sp³-hybridized carbons (Fsp3) is 0.933. The SMILES string of the molecule is CC(C)[C@H]1C[C@@H](O)[C@@H]2[C@]1(C)CC[C@]1(C)[C@H]3CC[C@H]4C(C)(C)[C@@H](O)CC[C@]4(C)C3=CC[C@@]21C. The van der Waals surface area contributed by atoms with Crippen LogP contribution in [0.5, 0.6) is 0 Å². The van der Waals surface area contributed by atoms with Crippen molar-refractivity contribution in [1.82, 2.24) is 0 Å². The first-order valence-electron chi connectivity index (χ1n) is 13.8. The van der Waals surface area contributed by atoms with Gasteiger partial charge in [0, 0.05) is 0 Å². The summed E-state index contributed by atoms with van der Waals surface area (Å²) in [7, 11) is 0. The first kappa shape index (κ1) is 23.4. The lowest BCUT2D eigenvalue weighted by atomic mass is 9.35. The largest absolute Gasteiger partial charge is 0.393 e. The highest BCUT2D eigenvalue weighted by Crippen LogP contribution is 2.76. The molecule has 5 rings (SSSR count). The Morgan fingerprint density at radius 1 is 0.875 bits per heavy atom. The van der Waals surface area contributed by atoms with Gasteiger partial charge in [-0.25, -0.2) is 0 Å². The van der Waals surface area contributed by atoms with E-state index in [-0.39, 0.29) is 39.3 Å². The summed E-state index contributed by atoms with van der Waals surface area (Å²) in [5.41, 5.74) is 2.67. The summed E-state index contributed by atoms with van der Waals surface area (Å²) in [6.45, 7) is 19.7. The molecule has 182 valence electrons. The summed E-state index contributed by atoms with van der Waals surface area (Å²) in [4.78, 5) is 0. The van der Waals surface area contributed by atoms with Gasteiger partial charge in [0.1, 0.15) is 0 Å². The van der Waals surface area contributed by atoms with E-state index in [1.54, 1.807) is 5.57 Å². The summed E-state index contributed by atoms with van der Waals surface area (Å²) in [5, 5.41) is 22.4. The minimum Gasteiger partial charge on any atom is -0.393 e. The summed E-state index contributed by atoms with van der Waals surface area (Å²) in [5.74, 6) is 2.92. The van der Waals surface area contributed by atoms with Gasteiger partial charge in [-0.2, -0.15) is 0 Å². The van der Waals surface area contributed by atoms with E-state index in [9.17, 15) is 10.2 Å². The standard InChI is InChI=1S/C30H50O2/c1-18(2)21-17-22(31)25-28(21,6)15-16-29(7)20-9-10-23-26(3,4)24(32)12-13-27(23,5)19(20)11-14-30(25,29)8/h11,18,20-25,31-32H,9-10,12-17H2,1-8H3/t20-,21+,22+,23-,24-,25+,27+,28+,29+,30-/m0/s1. The molecular weight excluding hydrogens is 392 g/mol. The molecule has 0 amide bonds.